The second-order valence-electron chi connectivity index (χ2n) is 6.81. The first-order valence-electron chi connectivity index (χ1n) is 8.39. The second kappa shape index (κ2) is 5.51. The molecule has 0 radical (unpaired) electrons. The number of nitrogens with one attached hydrogen (secondary N) is 1. The first kappa shape index (κ1) is 15.0. The third-order valence-electron chi connectivity index (χ3n) is 5.42. The number of hydrogen-bond donors (Lipinski definition) is 1. The van der Waals surface area contributed by atoms with Crippen molar-refractivity contribution in [2.45, 2.75) is 19.8 Å². The van der Waals surface area contributed by atoms with Gasteiger partial charge in [0.1, 0.15) is 5.69 Å². The molecule has 5 heteroatoms. The molecule has 0 spiro atoms. The van der Waals surface area contributed by atoms with E-state index in [1.165, 1.54) is 0 Å². The Hall–Kier alpha value is -2.56. The van der Waals surface area contributed by atoms with Gasteiger partial charge in [-0.1, -0.05) is 30.4 Å². The van der Waals surface area contributed by atoms with Crippen molar-refractivity contribution in [2.24, 2.45) is 24.8 Å². The predicted molar refractivity (Wildman–Crippen MR) is 93.2 cm³/mol. The van der Waals surface area contributed by atoms with E-state index >= 15 is 0 Å². The number of carbonyl (C=O) groups excluding carboxylic acids is 1. The van der Waals surface area contributed by atoms with Crippen LogP contribution < -0.4 is 10.9 Å². The molecule has 2 bridgehead atoms. The molecule has 1 amide bonds. The van der Waals surface area contributed by atoms with E-state index in [0.717, 1.165) is 24.2 Å². The van der Waals surface area contributed by atoms with Gasteiger partial charge in [0, 0.05) is 13.0 Å². The lowest BCUT2D eigenvalue weighted by molar-refractivity contribution is -0.120. The Balaban J connectivity index is 1.66. The Morgan fingerprint density at radius 2 is 1.92 bits per heavy atom. The summed E-state index contributed by atoms with van der Waals surface area (Å²) in [7, 11) is 1.83. The van der Waals surface area contributed by atoms with E-state index in [1.54, 1.807) is 9.36 Å². The Bertz CT molecular complexity index is 876. The Labute approximate surface area is 140 Å². The quantitative estimate of drug-likeness (QED) is 0.883. The number of nitrogens with zero attached hydrogens (tertiary/aromatic N) is 2. The van der Waals surface area contributed by atoms with E-state index in [-0.39, 0.29) is 17.4 Å². The topological polar surface area (TPSA) is 56.0 Å². The van der Waals surface area contributed by atoms with Crippen LogP contribution in [0.1, 0.15) is 18.5 Å². The molecule has 1 heterocycles. The van der Waals surface area contributed by atoms with Gasteiger partial charge in [-0.05, 0) is 43.7 Å². The van der Waals surface area contributed by atoms with E-state index in [1.807, 2.05) is 44.3 Å². The normalized spacial score (nSPS) is 24.5. The third kappa shape index (κ3) is 2.23. The molecule has 1 saturated carbocycles. The summed E-state index contributed by atoms with van der Waals surface area (Å²) < 4.78 is 3.37. The first-order chi connectivity index (χ1) is 11.6. The number of rotatable bonds is 3. The number of allylic oxidation sites excluding steroid dienone is 2. The highest BCUT2D eigenvalue weighted by atomic mass is 16.2. The molecule has 5 nitrogen and oxygen atoms in total. The Morgan fingerprint density at radius 3 is 2.54 bits per heavy atom. The first-order valence-corrected chi connectivity index (χ1v) is 8.39. The van der Waals surface area contributed by atoms with Crippen LogP contribution in [0.3, 0.4) is 0 Å². The number of amides is 1. The van der Waals surface area contributed by atoms with Crippen LogP contribution in [0.5, 0.6) is 0 Å². The highest BCUT2D eigenvalue weighted by Gasteiger charge is 2.40. The van der Waals surface area contributed by atoms with Crippen LogP contribution in [-0.2, 0) is 11.8 Å². The molecule has 1 N–H and O–H groups in total. The number of hydrogen-bond acceptors (Lipinski definition) is 2. The lowest BCUT2D eigenvalue weighted by atomic mass is 9.93. The van der Waals surface area contributed by atoms with Gasteiger partial charge in [-0.25, -0.2) is 4.68 Å². The molecule has 3 unspecified atom stereocenters. The molecule has 2 aromatic rings. The van der Waals surface area contributed by atoms with Gasteiger partial charge in [0.05, 0.1) is 11.4 Å². The van der Waals surface area contributed by atoms with Gasteiger partial charge >= 0.3 is 0 Å². The monoisotopic (exact) mass is 323 g/mol. The number of aromatic nitrogens is 2. The standard InChI is InChI=1S/C19H21N3O2/c1-12-17(20-18(23)16-11-13-8-9-14(16)10-13)19(24)22(21(12)2)15-6-4-3-5-7-15/h3-9,13-14,16H,10-11H2,1-2H3,(H,20,23). The van der Waals surface area contributed by atoms with Gasteiger partial charge in [0.15, 0.2) is 0 Å². The Morgan fingerprint density at radius 1 is 1.17 bits per heavy atom. The van der Waals surface area contributed by atoms with Crippen molar-refractivity contribution in [1.29, 1.82) is 0 Å². The van der Waals surface area contributed by atoms with Crippen molar-refractivity contribution in [1.82, 2.24) is 9.36 Å². The average molecular weight is 323 g/mol. The van der Waals surface area contributed by atoms with Crippen molar-refractivity contribution in [3.8, 4) is 5.69 Å². The zero-order chi connectivity index (χ0) is 16.8. The van der Waals surface area contributed by atoms with Crippen molar-refractivity contribution < 1.29 is 4.79 Å². The largest absolute Gasteiger partial charge is 0.320 e. The molecular weight excluding hydrogens is 302 g/mol. The molecule has 124 valence electrons. The molecule has 2 aliphatic carbocycles. The minimum atomic E-state index is -0.187. The smallest absolute Gasteiger partial charge is 0.295 e. The minimum absolute atomic E-state index is 0.0100. The summed E-state index contributed by atoms with van der Waals surface area (Å²) in [6.07, 6.45) is 6.33. The molecule has 24 heavy (non-hydrogen) atoms. The number of anilines is 1. The van der Waals surface area contributed by atoms with Crippen molar-refractivity contribution in [2.75, 3.05) is 5.32 Å². The van der Waals surface area contributed by atoms with E-state index < -0.39 is 0 Å². The number of benzene rings is 1. The molecule has 3 atom stereocenters. The third-order valence-corrected chi connectivity index (χ3v) is 5.42. The fraction of sp³-hybridized carbons (Fsp3) is 0.368. The number of para-hydroxylation sites is 1. The summed E-state index contributed by atoms with van der Waals surface area (Å²) >= 11 is 0. The van der Waals surface area contributed by atoms with Crippen molar-refractivity contribution >= 4 is 11.6 Å². The predicted octanol–water partition coefficient (Wildman–Crippen LogP) is 2.64. The van der Waals surface area contributed by atoms with Gasteiger partial charge in [-0.2, -0.15) is 0 Å². The lowest BCUT2D eigenvalue weighted by Crippen LogP contribution is -2.29. The summed E-state index contributed by atoms with van der Waals surface area (Å²) in [4.78, 5) is 25.5. The highest BCUT2D eigenvalue weighted by Crippen LogP contribution is 2.43. The molecule has 0 saturated heterocycles. The molecule has 0 aliphatic heterocycles. The van der Waals surface area contributed by atoms with Crippen LogP contribution in [-0.4, -0.2) is 15.3 Å². The lowest BCUT2D eigenvalue weighted by Gasteiger charge is -2.16. The summed E-state index contributed by atoms with van der Waals surface area (Å²) in [5, 5.41) is 2.91. The van der Waals surface area contributed by atoms with Crippen LogP contribution in [0.15, 0.2) is 47.3 Å². The fourth-order valence-electron chi connectivity index (χ4n) is 4.01. The fourth-order valence-corrected chi connectivity index (χ4v) is 4.01. The van der Waals surface area contributed by atoms with Crippen molar-refractivity contribution in [3.63, 3.8) is 0 Å². The van der Waals surface area contributed by atoms with E-state index in [9.17, 15) is 9.59 Å². The van der Waals surface area contributed by atoms with E-state index in [2.05, 4.69) is 17.5 Å². The average Bonchev–Trinajstić information content (AvgIpc) is 3.27. The van der Waals surface area contributed by atoms with Gasteiger partial charge in [-0.15, -0.1) is 0 Å². The molecular formula is C19H21N3O2. The highest BCUT2D eigenvalue weighted by molar-refractivity contribution is 5.93. The second-order valence-corrected chi connectivity index (χ2v) is 6.81. The maximum absolute atomic E-state index is 12.8. The van der Waals surface area contributed by atoms with Gasteiger partial charge in [0.2, 0.25) is 5.91 Å². The minimum Gasteiger partial charge on any atom is -0.320 e. The van der Waals surface area contributed by atoms with Crippen LogP contribution in [0.25, 0.3) is 5.69 Å². The summed E-state index contributed by atoms with van der Waals surface area (Å²) in [6.45, 7) is 1.86. The molecule has 1 aromatic carbocycles. The number of carbonyl (C=O) groups is 1. The zero-order valence-electron chi connectivity index (χ0n) is 13.9. The summed E-state index contributed by atoms with van der Waals surface area (Å²) in [5.41, 5.74) is 1.75. The van der Waals surface area contributed by atoms with Crippen molar-refractivity contribution in [3.05, 3.63) is 58.5 Å². The molecule has 1 aromatic heterocycles. The van der Waals surface area contributed by atoms with Crippen LogP contribution in [0.4, 0.5) is 5.69 Å². The molecule has 4 rings (SSSR count). The zero-order valence-corrected chi connectivity index (χ0v) is 13.9. The maximum Gasteiger partial charge on any atom is 0.295 e. The summed E-state index contributed by atoms with van der Waals surface area (Å²) in [6, 6.07) is 9.46. The van der Waals surface area contributed by atoms with E-state index in [0.29, 0.717) is 17.5 Å². The van der Waals surface area contributed by atoms with Gasteiger partial charge in [0.25, 0.3) is 5.56 Å². The Kier molecular flexibility index (Phi) is 3.44. The molecule has 2 aliphatic rings. The molecule has 1 fully saturated rings. The SMILES string of the molecule is Cc1c(NC(=O)C2CC3C=CC2C3)c(=O)n(-c2ccccc2)n1C. The summed E-state index contributed by atoms with van der Waals surface area (Å²) in [5.74, 6) is 0.820. The van der Waals surface area contributed by atoms with Crippen LogP contribution in [0.2, 0.25) is 0 Å². The van der Waals surface area contributed by atoms with Crippen LogP contribution in [0, 0.1) is 24.7 Å². The maximum atomic E-state index is 12.8. The van der Waals surface area contributed by atoms with Crippen LogP contribution >= 0.6 is 0 Å². The van der Waals surface area contributed by atoms with Gasteiger partial charge < -0.3 is 5.32 Å². The van der Waals surface area contributed by atoms with E-state index in [4.69, 9.17) is 0 Å². The number of fused-ring (bicyclic) bond motifs is 2. The van der Waals surface area contributed by atoms with Gasteiger partial charge in [-0.3, -0.25) is 14.3 Å².